The molecule has 5 nitrogen and oxygen atoms in total. The molecule has 0 fully saturated rings. The first-order chi connectivity index (χ1) is 16.7. The SMILES string of the molecule is COc1cc(C#N)ccc1OCCCC(=O)NCC1CC2c3ccccc3C1c1ccccc12. The monoisotopic (exact) mass is 452 g/mol. The first-order valence-corrected chi connectivity index (χ1v) is 11.8. The average molecular weight is 453 g/mol. The molecule has 5 heteroatoms. The number of amides is 1. The van der Waals surface area contributed by atoms with Crippen LogP contribution in [0, 0.1) is 17.2 Å². The smallest absolute Gasteiger partial charge is 0.220 e. The van der Waals surface area contributed by atoms with Crippen LogP contribution in [0.3, 0.4) is 0 Å². The molecule has 0 spiro atoms. The summed E-state index contributed by atoms with van der Waals surface area (Å²) in [6.45, 7) is 1.09. The minimum Gasteiger partial charge on any atom is -0.493 e. The van der Waals surface area contributed by atoms with Crippen molar-refractivity contribution in [1.82, 2.24) is 5.32 Å². The Hall–Kier alpha value is -3.78. The second kappa shape index (κ2) is 9.61. The van der Waals surface area contributed by atoms with Gasteiger partial charge in [-0.25, -0.2) is 0 Å². The average Bonchev–Trinajstić information content (AvgIpc) is 2.90. The predicted molar refractivity (Wildman–Crippen MR) is 130 cm³/mol. The number of rotatable bonds is 8. The predicted octanol–water partition coefficient (Wildman–Crippen LogP) is 5.14. The van der Waals surface area contributed by atoms with Gasteiger partial charge in [0.1, 0.15) is 0 Å². The topological polar surface area (TPSA) is 71.3 Å². The summed E-state index contributed by atoms with van der Waals surface area (Å²) in [5.41, 5.74) is 6.25. The van der Waals surface area contributed by atoms with Crippen LogP contribution in [0.2, 0.25) is 0 Å². The van der Waals surface area contributed by atoms with Gasteiger partial charge < -0.3 is 14.8 Å². The van der Waals surface area contributed by atoms with Crippen molar-refractivity contribution < 1.29 is 14.3 Å². The van der Waals surface area contributed by atoms with E-state index in [4.69, 9.17) is 14.7 Å². The van der Waals surface area contributed by atoms with Crippen molar-refractivity contribution in [1.29, 1.82) is 5.26 Å². The second-order valence-electron chi connectivity index (χ2n) is 9.02. The van der Waals surface area contributed by atoms with Crippen molar-refractivity contribution >= 4 is 5.91 Å². The zero-order valence-corrected chi connectivity index (χ0v) is 19.3. The van der Waals surface area contributed by atoms with Gasteiger partial charge in [0.2, 0.25) is 5.91 Å². The summed E-state index contributed by atoms with van der Waals surface area (Å²) in [6, 6.07) is 24.7. The summed E-state index contributed by atoms with van der Waals surface area (Å²) < 4.78 is 11.1. The maximum absolute atomic E-state index is 12.6. The normalized spacial score (nSPS) is 19.5. The summed E-state index contributed by atoms with van der Waals surface area (Å²) in [5, 5.41) is 12.2. The van der Waals surface area contributed by atoms with Gasteiger partial charge in [-0.05, 0) is 53.1 Å². The molecule has 3 aliphatic carbocycles. The Morgan fingerprint density at radius 1 is 1.00 bits per heavy atom. The lowest BCUT2D eigenvalue weighted by atomic mass is 9.59. The zero-order valence-electron chi connectivity index (χ0n) is 19.3. The van der Waals surface area contributed by atoms with Crippen molar-refractivity contribution in [3.05, 3.63) is 94.5 Å². The molecule has 0 heterocycles. The molecule has 0 aliphatic heterocycles. The lowest BCUT2D eigenvalue weighted by molar-refractivity contribution is -0.121. The van der Waals surface area contributed by atoms with Crippen LogP contribution in [0.4, 0.5) is 0 Å². The standard InChI is InChI=1S/C29H28N2O3/c1-33-27-15-19(17-30)12-13-26(27)34-14-6-11-28(32)31-18-20-16-25-21-7-2-4-9-23(21)29(20)24-10-5-3-8-22(24)25/h2-5,7-10,12-13,15,20,25,29H,6,11,14,16,18H2,1H3,(H,31,32). The van der Waals surface area contributed by atoms with Gasteiger partial charge in [0, 0.05) is 30.9 Å². The number of methoxy groups -OCH3 is 1. The third kappa shape index (κ3) is 4.12. The number of nitriles is 1. The summed E-state index contributed by atoms with van der Waals surface area (Å²) >= 11 is 0. The van der Waals surface area contributed by atoms with Crippen molar-refractivity contribution in [2.45, 2.75) is 31.1 Å². The van der Waals surface area contributed by atoms with Crippen molar-refractivity contribution in [2.75, 3.05) is 20.3 Å². The Labute approximate surface area is 200 Å². The number of carbonyl (C=O) groups excluding carboxylic acids is 1. The number of fused-ring (bicyclic) bond motifs is 1. The molecule has 1 unspecified atom stereocenters. The Bertz CT molecular complexity index is 1200. The minimum atomic E-state index is 0.0541. The fourth-order valence-corrected chi connectivity index (χ4v) is 5.56. The number of benzene rings is 3. The van der Waals surface area contributed by atoms with Crippen LogP contribution in [-0.4, -0.2) is 26.2 Å². The van der Waals surface area contributed by atoms with E-state index >= 15 is 0 Å². The lowest BCUT2D eigenvalue weighted by Crippen LogP contribution is -2.39. The van der Waals surface area contributed by atoms with Crippen molar-refractivity contribution in [3.63, 3.8) is 0 Å². The van der Waals surface area contributed by atoms with Crippen LogP contribution in [0.25, 0.3) is 0 Å². The summed E-state index contributed by atoms with van der Waals surface area (Å²) in [6.07, 6.45) is 2.09. The fraction of sp³-hybridized carbons (Fsp3) is 0.310. The molecule has 0 aromatic heterocycles. The number of nitrogens with zero attached hydrogens (tertiary/aromatic N) is 1. The maximum Gasteiger partial charge on any atom is 0.220 e. The molecular weight excluding hydrogens is 424 g/mol. The van der Waals surface area contributed by atoms with E-state index in [0.29, 0.717) is 60.8 Å². The summed E-state index contributed by atoms with van der Waals surface area (Å²) in [5.74, 6) is 2.31. The van der Waals surface area contributed by atoms with Crippen LogP contribution in [-0.2, 0) is 4.79 Å². The van der Waals surface area contributed by atoms with Gasteiger partial charge in [-0.2, -0.15) is 5.26 Å². The summed E-state index contributed by atoms with van der Waals surface area (Å²) in [7, 11) is 1.55. The molecule has 3 aromatic rings. The highest BCUT2D eigenvalue weighted by Gasteiger charge is 2.42. The largest absolute Gasteiger partial charge is 0.493 e. The Morgan fingerprint density at radius 3 is 2.32 bits per heavy atom. The number of nitrogens with one attached hydrogen (secondary N) is 1. The molecule has 1 atom stereocenters. The second-order valence-corrected chi connectivity index (χ2v) is 9.02. The third-order valence-corrected chi connectivity index (χ3v) is 7.08. The van der Waals surface area contributed by atoms with Crippen LogP contribution in [0.1, 0.15) is 58.9 Å². The van der Waals surface area contributed by atoms with E-state index in [9.17, 15) is 4.79 Å². The van der Waals surface area contributed by atoms with Crippen LogP contribution in [0.15, 0.2) is 66.7 Å². The molecule has 3 aliphatic rings. The number of hydrogen-bond acceptors (Lipinski definition) is 4. The van der Waals surface area contributed by atoms with Gasteiger partial charge in [-0.1, -0.05) is 48.5 Å². The van der Waals surface area contributed by atoms with E-state index < -0.39 is 0 Å². The molecule has 172 valence electrons. The Kier molecular flexibility index (Phi) is 6.22. The minimum absolute atomic E-state index is 0.0541. The summed E-state index contributed by atoms with van der Waals surface area (Å²) in [4.78, 5) is 12.6. The van der Waals surface area contributed by atoms with Crippen molar-refractivity contribution in [2.24, 2.45) is 5.92 Å². The van der Waals surface area contributed by atoms with Crippen LogP contribution >= 0.6 is 0 Å². The number of carbonyl (C=O) groups is 1. The van der Waals surface area contributed by atoms with Crippen LogP contribution < -0.4 is 14.8 Å². The first-order valence-electron chi connectivity index (χ1n) is 11.8. The first kappa shape index (κ1) is 22.0. The maximum atomic E-state index is 12.6. The van der Waals surface area contributed by atoms with Gasteiger partial charge in [0.05, 0.1) is 25.3 Å². The molecule has 34 heavy (non-hydrogen) atoms. The zero-order chi connectivity index (χ0) is 23.5. The van der Waals surface area contributed by atoms with E-state index in [-0.39, 0.29) is 5.91 Å². The van der Waals surface area contributed by atoms with Gasteiger partial charge in [0.15, 0.2) is 11.5 Å². The fourth-order valence-electron chi connectivity index (χ4n) is 5.56. The van der Waals surface area contributed by atoms with Gasteiger partial charge in [0.25, 0.3) is 0 Å². The van der Waals surface area contributed by atoms with E-state index in [0.717, 1.165) is 6.42 Å². The lowest BCUT2D eigenvalue weighted by Gasteiger charge is -2.45. The Morgan fingerprint density at radius 2 is 1.68 bits per heavy atom. The molecule has 1 N–H and O–H groups in total. The molecule has 0 radical (unpaired) electrons. The number of ether oxygens (including phenoxy) is 2. The highest BCUT2D eigenvalue weighted by molar-refractivity contribution is 5.75. The van der Waals surface area contributed by atoms with Gasteiger partial charge >= 0.3 is 0 Å². The third-order valence-electron chi connectivity index (χ3n) is 7.08. The van der Waals surface area contributed by atoms with E-state index in [1.165, 1.54) is 22.3 Å². The van der Waals surface area contributed by atoms with Crippen molar-refractivity contribution in [3.8, 4) is 17.6 Å². The van der Waals surface area contributed by atoms with Crippen LogP contribution in [0.5, 0.6) is 11.5 Å². The molecule has 2 bridgehead atoms. The van der Waals surface area contributed by atoms with Gasteiger partial charge in [-0.15, -0.1) is 0 Å². The van der Waals surface area contributed by atoms with E-state index in [1.807, 2.05) is 0 Å². The number of hydrogen-bond donors (Lipinski definition) is 1. The van der Waals surface area contributed by atoms with E-state index in [2.05, 4.69) is 59.9 Å². The molecule has 3 aromatic carbocycles. The molecule has 1 amide bonds. The van der Waals surface area contributed by atoms with Gasteiger partial charge in [-0.3, -0.25) is 4.79 Å². The molecule has 0 saturated heterocycles. The quantitative estimate of drug-likeness (QED) is 0.481. The molecule has 6 rings (SSSR count). The highest BCUT2D eigenvalue weighted by Crippen LogP contribution is 2.55. The van der Waals surface area contributed by atoms with E-state index in [1.54, 1.807) is 25.3 Å². The Balaban J connectivity index is 1.15. The molecule has 0 saturated carbocycles. The molecular formula is C29H28N2O3. The highest BCUT2D eigenvalue weighted by atomic mass is 16.5.